The molecular formula is C27H28FN5O2. The first-order valence-electron chi connectivity index (χ1n) is 11.7. The zero-order chi connectivity index (χ0) is 24.5. The number of aromatic nitrogens is 3. The monoisotopic (exact) mass is 473 g/mol. The lowest BCUT2D eigenvalue weighted by atomic mass is 9.86. The van der Waals surface area contributed by atoms with E-state index in [1.165, 1.54) is 12.1 Å². The number of amides is 1. The normalized spacial score (nSPS) is 15.1. The summed E-state index contributed by atoms with van der Waals surface area (Å²) in [5.41, 5.74) is 3.81. The van der Waals surface area contributed by atoms with E-state index in [1.807, 2.05) is 32.3 Å². The highest BCUT2D eigenvalue weighted by Gasteiger charge is 2.38. The van der Waals surface area contributed by atoms with Crippen molar-refractivity contribution in [3.63, 3.8) is 0 Å². The molecule has 0 saturated carbocycles. The third-order valence-electron chi connectivity index (χ3n) is 6.64. The standard InChI is InChI=1S/C27H28FN5O2/c1-4-35-24-11-18(8-9-22(24)17-6-5-7-21(28)10-17)27(34)33(3)26(20-15-32(2)16-20)23-14-29-12-19-13-30-31-25(19)23/h5-14,20,26H,4,15-16H2,1-3H3,(H,30,31)/t26-/m1/s1. The van der Waals surface area contributed by atoms with E-state index in [1.54, 1.807) is 35.5 Å². The maximum absolute atomic E-state index is 13.8. The van der Waals surface area contributed by atoms with Crippen LogP contribution in [0, 0.1) is 11.7 Å². The molecule has 1 saturated heterocycles. The predicted octanol–water partition coefficient (Wildman–Crippen LogP) is 4.54. The number of benzene rings is 2. The van der Waals surface area contributed by atoms with Crippen LogP contribution in [0.2, 0.25) is 0 Å². The van der Waals surface area contributed by atoms with E-state index in [0.29, 0.717) is 23.5 Å². The molecule has 1 aliphatic rings. The number of hydrogen-bond acceptors (Lipinski definition) is 5. The second kappa shape index (κ2) is 9.46. The van der Waals surface area contributed by atoms with Crippen LogP contribution in [0.5, 0.6) is 5.75 Å². The first-order chi connectivity index (χ1) is 17.0. The summed E-state index contributed by atoms with van der Waals surface area (Å²) in [5, 5.41) is 8.18. The highest BCUT2D eigenvalue weighted by molar-refractivity contribution is 5.96. The van der Waals surface area contributed by atoms with Crippen LogP contribution in [0.4, 0.5) is 4.39 Å². The summed E-state index contributed by atoms with van der Waals surface area (Å²) in [5.74, 6) is 0.379. The van der Waals surface area contributed by atoms with Gasteiger partial charge in [0.2, 0.25) is 0 Å². The minimum Gasteiger partial charge on any atom is -0.493 e. The molecule has 2 aromatic carbocycles. The lowest BCUT2D eigenvalue weighted by Gasteiger charge is -2.44. The van der Waals surface area contributed by atoms with Crippen LogP contribution in [-0.2, 0) is 0 Å². The molecule has 0 spiro atoms. The van der Waals surface area contributed by atoms with Gasteiger partial charge in [-0.15, -0.1) is 0 Å². The van der Waals surface area contributed by atoms with E-state index < -0.39 is 0 Å². The summed E-state index contributed by atoms with van der Waals surface area (Å²) in [4.78, 5) is 22.2. The molecule has 8 heteroatoms. The van der Waals surface area contributed by atoms with E-state index in [2.05, 4.69) is 27.1 Å². The molecule has 35 heavy (non-hydrogen) atoms. The van der Waals surface area contributed by atoms with Crippen molar-refractivity contribution in [1.29, 1.82) is 0 Å². The number of fused-ring (bicyclic) bond motifs is 1. The summed E-state index contributed by atoms with van der Waals surface area (Å²) >= 11 is 0. The fourth-order valence-corrected chi connectivity index (χ4v) is 4.99. The second-order valence-electron chi connectivity index (χ2n) is 9.06. The summed E-state index contributed by atoms with van der Waals surface area (Å²) in [6.07, 6.45) is 5.34. The fraction of sp³-hybridized carbons (Fsp3) is 0.296. The Bertz CT molecular complexity index is 1360. The Hall–Kier alpha value is -3.78. The van der Waals surface area contributed by atoms with Gasteiger partial charge in [0, 0.05) is 60.5 Å². The molecule has 5 rings (SSSR count). The van der Waals surface area contributed by atoms with Crippen LogP contribution in [-0.4, -0.2) is 64.7 Å². The number of ether oxygens (including phenoxy) is 1. The van der Waals surface area contributed by atoms with E-state index in [4.69, 9.17) is 4.74 Å². The molecular weight excluding hydrogens is 445 g/mol. The molecule has 3 heterocycles. The van der Waals surface area contributed by atoms with Gasteiger partial charge in [-0.25, -0.2) is 4.39 Å². The lowest BCUT2D eigenvalue weighted by Crippen LogP contribution is -2.51. The summed E-state index contributed by atoms with van der Waals surface area (Å²) in [6, 6.07) is 11.5. The number of H-pyrrole nitrogens is 1. The number of rotatable bonds is 7. The number of carbonyl (C=O) groups excluding carboxylic acids is 1. The van der Waals surface area contributed by atoms with Gasteiger partial charge in [0.05, 0.1) is 24.4 Å². The Morgan fingerprint density at radius 2 is 2.06 bits per heavy atom. The fourth-order valence-electron chi connectivity index (χ4n) is 4.99. The minimum absolute atomic E-state index is 0.118. The van der Waals surface area contributed by atoms with Gasteiger partial charge in [0.15, 0.2) is 0 Å². The lowest BCUT2D eigenvalue weighted by molar-refractivity contribution is 0.0373. The van der Waals surface area contributed by atoms with Crippen molar-refractivity contribution < 1.29 is 13.9 Å². The van der Waals surface area contributed by atoms with Gasteiger partial charge in [0.25, 0.3) is 5.91 Å². The third-order valence-corrected chi connectivity index (χ3v) is 6.64. The van der Waals surface area contributed by atoms with Crippen molar-refractivity contribution in [2.24, 2.45) is 5.92 Å². The first kappa shape index (κ1) is 23.0. The number of carbonyl (C=O) groups is 1. The van der Waals surface area contributed by atoms with Crippen molar-refractivity contribution >= 4 is 16.8 Å². The number of hydrogen-bond donors (Lipinski definition) is 1. The summed E-state index contributed by atoms with van der Waals surface area (Å²) < 4.78 is 19.7. The summed E-state index contributed by atoms with van der Waals surface area (Å²) in [6.45, 7) is 4.09. The van der Waals surface area contributed by atoms with Crippen molar-refractivity contribution in [2.45, 2.75) is 13.0 Å². The van der Waals surface area contributed by atoms with E-state index >= 15 is 0 Å². The van der Waals surface area contributed by atoms with Crippen molar-refractivity contribution in [2.75, 3.05) is 33.8 Å². The molecule has 1 amide bonds. The van der Waals surface area contributed by atoms with E-state index in [-0.39, 0.29) is 23.7 Å². The van der Waals surface area contributed by atoms with Crippen LogP contribution in [0.3, 0.4) is 0 Å². The van der Waals surface area contributed by atoms with Gasteiger partial charge in [-0.3, -0.25) is 14.9 Å². The van der Waals surface area contributed by atoms with Crippen LogP contribution in [0.25, 0.3) is 22.0 Å². The summed E-state index contributed by atoms with van der Waals surface area (Å²) in [7, 11) is 3.91. The molecule has 7 nitrogen and oxygen atoms in total. The molecule has 0 radical (unpaired) electrons. The van der Waals surface area contributed by atoms with Crippen LogP contribution < -0.4 is 4.74 Å². The van der Waals surface area contributed by atoms with Crippen LogP contribution in [0.1, 0.15) is 28.9 Å². The molecule has 0 bridgehead atoms. The quantitative estimate of drug-likeness (QED) is 0.427. The number of aromatic amines is 1. The SMILES string of the molecule is CCOc1cc(C(=O)N(C)[C@@H](c2cncc3cn[nH]c23)C2CN(C)C2)ccc1-c1cccc(F)c1. The number of nitrogens with zero attached hydrogens (tertiary/aromatic N) is 4. The predicted molar refractivity (Wildman–Crippen MR) is 133 cm³/mol. The van der Waals surface area contributed by atoms with Gasteiger partial charge in [-0.1, -0.05) is 12.1 Å². The molecule has 1 N–H and O–H groups in total. The van der Waals surface area contributed by atoms with Gasteiger partial charge in [-0.2, -0.15) is 5.10 Å². The molecule has 0 aliphatic carbocycles. The molecule has 1 atom stereocenters. The van der Waals surface area contributed by atoms with Gasteiger partial charge < -0.3 is 14.5 Å². The minimum atomic E-state index is -0.320. The van der Waals surface area contributed by atoms with E-state index in [0.717, 1.165) is 35.1 Å². The van der Waals surface area contributed by atoms with E-state index in [9.17, 15) is 9.18 Å². The highest BCUT2D eigenvalue weighted by Crippen LogP contribution is 2.38. The first-order valence-corrected chi connectivity index (χ1v) is 11.7. The number of nitrogens with one attached hydrogen (secondary N) is 1. The van der Waals surface area contributed by atoms with Crippen molar-refractivity contribution in [1.82, 2.24) is 25.0 Å². The highest BCUT2D eigenvalue weighted by atomic mass is 19.1. The molecule has 1 aliphatic heterocycles. The zero-order valence-electron chi connectivity index (χ0n) is 20.0. The van der Waals surface area contributed by atoms with Crippen LogP contribution in [0.15, 0.2) is 61.1 Å². The van der Waals surface area contributed by atoms with Gasteiger partial charge >= 0.3 is 0 Å². The Balaban J connectivity index is 1.51. The van der Waals surface area contributed by atoms with Crippen molar-refractivity contribution in [3.8, 4) is 16.9 Å². The molecule has 1 fully saturated rings. The Kier molecular flexibility index (Phi) is 6.21. The zero-order valence-corrected chi connectivity index (χ0v) is 20.0. The second-order valence-corrected chi connectivity index (χ2v) is 9.06. The maximum atomic E-state index is 13.8. The smallest absolute Gasteiger partial charge is 0.254 e. The average Bonchev–Trinajstić information content (AvgIpc) is 3.32. The Labute approximate surface area is 203 Å². The molecule has 0 unspecified atom stereocenters. The Morgan fingerprint density at radius 1 is 1.23 bits per heavy atom. The molecule has 180 valence electrons. The van der Waals surface area contributed by atoms with Crippen LogP contribution >= 0.6 is 0 Å². The van der Waals surface area contributed by atoms with Crippen molar-refractivity contribution in [3.05, 3.63) is 78.0 Å². The maximum Gasteiger partial charge on any atom is 0.254 e. The topological polar surface area (TPSA) is 74.3 Å². The Morgan fingerprint density at radius 3 is 2.80 bits per heavy atom. The number of pyridine rings is 1. The number of halogens is 1. The number of likely N-dealkylation sites (tertiary alicyclic amines) is 1. The molecule has 4 aromatic rings. The third kappa shape index (κ3) is 4.37. The largest absolute Gasteiger partial charge is 0.493 e. The molecule has 2 aromatic heterocycles. The van der Waals surface area contributed by atoms with Gasteiger partial charge in [0.1, 0.15) is 11.6 Å². The van der Waals surface area contributed by atoms with Gasteiger partial charge in [-0.05, 0) is 49.9 Å². The average molecular weight is 474 g/mol.